The molecule has 0 aliphatic rings. The van der Waals surface area contributed by atoms with E-state index in [1.54, 1.807) is 18.2 Å². The fourth-order valence-corrected chi connectivity index (χ4v) is 2.46. The molecular weight excluding hydrogens is 217 g/mol. The molecule has 0 saturated carbocycles. The van der Waals surface area contributed by atoms with E-state index in [0.717, 1.165) is 8.54 Å². The van der Waals surface area contributed by atoms with E-state index in [9.17, 15) is 8.42 Å². The van der Waals surface area contributed by atoms with E-state index in [1.165, 1.54) is 14.1 Å². The van der Waals surface area contributed by atoms with Crippen LogP contribution in [0.1, 0.15) is 0 Å². The number of sulfonamides is 1. The van der Waals surface area contributed by atoms with Gasteiger partial charge in [-0.25, -0.2) is 0 Å². The van der Waals surface area contributed by atoms with Gasteiger partial charge in [0, 0.05) is 0 Å². The van der Waals surface area contributed by atoms with E-state index in [4.69, 9.17) is 11.6 Å². The first kappa shape index (κ1) is 12.1. The van der Waals surface area contributed by atoms with Crippen LogP contribution in [0.4, 0.5) is 0 Å². The van der Waals surface area contributed by atoms with Crippen LogP contribution >= 0.6 is 11.6 Å². The van der Waals surface area contributed by atoms with Gasteiger partial charge in [0.1, 0.15) is 0 Å². The van der Waals surface area contributed by atoms with Crippen LogP contribution in [-0.4, -0.2) is 44.5 Å². The maximum absolute atomic E-state index is 11.7. The minimum atomic E-state index is -3.43. The maximum atomic E-state index is 11.7. The van der Waals surface area contributed by atoms with Gasteiger partial charge in [0.05, 0.1) is 0 Å². The molecule has 1 aromatic carbocycles. The van der Waals surface area contributed by atoms with Crippen LogP contribution in [0.2, 0.25) is 5.02 Å². The van der Waals surface area contributed by atoms with Crippen molar-refractivity contribution in [2.24, 2.45) is 0 Å². The van der Waals surface area contributed by atoms with Gasteiger partial charge in [-0.1, -0.05) is 0 Å². The summed E-state index contributed by atoms with van der Waals surface area (Å²) in [5.41, 5.74) is 0. The van der Waals surface area contributed by atoms with Crippen molar-refractivity contribution < 1.29 is 8.42 Å². The van der Waals surface area contributed by atoms with Crippen molar-refractivity contribution >= 4 is 43.6 Å². The van der Waals surface area contributed by atoms with Gasteiger partial charge in [0.2, 0.25) is 0 Å². The van der Waals surface area contributed by atoms with Gasteiger partial charge in [-0.2, -0.15) is 0 Å². The Hall–Kier alpha value is 0.0174. The second kappa shape index (κ2) is 4.26. The fourth-order valence-electron chi connectivity index (χ4n) is 1.00. The van der Waals surface area contributed by atoms with E-state index in [2.05, 4.69) is 0 Å². The Bertz CT molecular complexity index is 445. The number of halogens is 1. The zero-order chi connectivity index (χ0) is 10.9. The Balaban J connectivity index is 3.40. The van der Waals surface area contributed by atoms with E-state index in [0.29, 0.717) is 0 Å². The average molecular weight is 226 g/mol. The molecule has 0 heterocycles. The van der Waals surface area contributed by atoms with E-state index >= 15 is 0 Å². The van der Waals surface area contributed by atoms with Crippen LogP contribution < -0.4 is 4.24 Å². The van der Waals surface area contributed by atoms with Gasteiger partial charge >= 0.3 is 98.5 Å². The van der Waals surface area contributed by atoms with Crippen LogP contribution in [0.3, 0.4) is 0 Å². The molecule has 0 spiro atoms. The second-order valence-electron chi connectivity index (χ2n) is 3.22. The molecule has 0 amide bonds. The van der Waals surface area contributed by atoms with Crippen LogP contribution in [0.25, 0.3) is 0 Å². The molecule has 72 valence electrons. The predicted octanol–water partition coefficient (Wildman–Crippen LogP) is 0.384. The first-order valence-electron chi connectivity index (χ1n) is 4.04. The summed E-state index contributed by atoms with van der Waals surface area (Å²) in [6.07, 6.45) is 0. The van der Waals surface area contributed by atoms with Crippen LogP contribution in [0.15, 0.2) is 23.1 Å². The molecule has 0 bridgehead atoms. The summed E-state index contributed by atoms with van der Waals surface area (Å²) in [7, 11) is -0.468. The van der Waals surface area contributed by atoms with E-state index in [-0.39, 0.29) is 9.92 Å². The summed E-state index contributed by atoms with van der Waals surface area (Å²) in [6, 6.07) is 4.93. The van der Waals surface area contributed by atoms with Crippen LogP contribution in [0.5, 0.6) is 0 Å². The molecule has 0 unspecified atom stereocenters. The molecule has 0 aliphatic carbocycles. The normalized spacial score (nSPS) is 12.1. The molecule has 0 fully saturated rings. The molecule has 1 aromatic rings. The fraction of sp³-hybridized carbons (Fsp3) is 0.250. The third-order valence-corrected chi connectivity index (χ3v) is 4.14. The quantitative estimate of drug-likeness (QED) is 0.683. The second-order valence-corrected chi connectivity index (χ2v) is 5.75. The standard InChI is InChI=1S/C8H9ClNO2S.Li/c1-10(2)13(11,12)8-6-4-3-5-7(8)9;/h3,5-6H,1-2H3;. The van der Waals surface area contributed by atoms with Gasteiger partial charge in [0.25, 0.3) is 0 Å². The summed E-state index contributed by atoms with van der Waals surface area (Å²) >= 11 is 7.64. The minimum absolute atomic E-state index is 0.157. The molecule has 3 nitrogen and oxygen atoms in total. The first-order valence-corrected chi connectivity index (χ1v) is 5.86. The van der Waals surface area contributed by atoms with Crippen molar-refractivity contribution in [2.75, 3.05) is 14.1 Å². The summed E-state index contributed by atoms with van der Waals surface area (Å²) < 4.78 is 25.5. The summed E-state index contributed by atoms with van der Waals surface area (Å²) in [6.45, 7) is 0. The molecule has 6 heteroatoms. The Morgan fingerprint density at radius 2 is 1.93 bits per heavy atom. The van der Waals surface area contributed by atoms with E-state index in [1.807, 2.05) is 17.7 Å². The third-order valence-electron chi connectivity index (χ3n) is 1.85. The summed E-state index contributed by atoms with van der Waals surface area (Å²) in [5.74, 6) is 0. The molecule has 0 saturated heterocycles. The summed E-state index contributed by atoms with van der Waals surface area (Å²) in [4.78, 5) is 0.157. The number of rotatable bonds is 2. The zero-order valence-corrected chi connectivity index (χ0v) is 9.85. The molecule has 0 aliphatic heterocycles. The Labute approximate surface area is 98.3 Å². The number of nitrogens with zero attached hydrogens (tertiary/aromatic N) is 1. The van der Waals surface area contributed by atoms with Gasteiger partial charge < -0.3 is 0 Å². The molecular formula is C8H9ClLiNO2S. The van der Waals surface area contributed by atoms with Crippen molar-refractivity contribution in [3.05, 3.63) is 23.2 Å². The van der Waals surface area contributed by atoms with E-state index < -0.39 is 10.0 Å². The Kier molecular flexibility index (Phi) is 3.67. The van der Waals surface area contributed by atoms with Gasteiger partial charge in [-0.15, -0.1) is 0 Å². The third kappa shape index (κ3) is 2.33. The summed E-state index contributed by atoms with van der Waals surface area (Å²) in [5, 5.41) is 0.254. The molecule has 14 heavy (non-hydrogen) atoms. The molecule has 0 atom stereocenters. The average Bonchev–Trinajstić information content (AvgIpc) is 2.08. The molecule has 0 radical (unpaired) electrons. The Morgan fingerprint density at radius 1 is 1.36 bits per heavy atom. The van der Waals surface area contributed by atoms with Crippen molar-refractivity contribution in [3.8, 4) is 0 Å². The molecule has 0 N–H and O–H groups in total. The van der Waals surface area contributed by atoms with Crippen molar-refractivity contribution in [1.82, 2.24) is 4.31 Å². The van der Waals surface area contributed by atoms with Gasteiger partial charge in [-0.05, 0) is 0 Å². The van der Waals surface area contributed by atoms with Crippen molar-refractivity contribution in [3.63, 3.8) is 0 Å². The zero-order valence-electron chi connectivity index (χ0n) is 8.28. The Morgan fingerprint density at radius 3 is 2.43 bits per heavy atom. The van der Waals surface area contributed by atoms with Gasteiger partial charge in [-0.3, -0.25) is 0 Å². The van der Waals surface area contributed by atoms with Gasteiger partial charge in [0.15, 0.2) is 0 Å². The SMILES string of the molecule is [Li][c]1ccc(Cl)c(S(=O)(=O)N(C)C)c1. The number of hydrogen-bond acceptors (Lipinski definition) is 2. The first-order chi connectivity index (χ1) is 6.35. The molecule has 0 aromatic heterocycles. The number of hydrogen-bond donors (Lipinski definition) is 0. The molecule has 1 rings (SSSR count). The van der Waals surface area contributed by atoms with Crippen LogP contribution in [0, 0.1) is 0 Å². The monoisotopic (exact) mass is 225 g/mol. The predicted molar refractivity (Wildman–Crippen MR) is 57.7 cm³/mol. The number of benzene rings is 1. The van der Waals surface area contributed by atoms with Crippen molar-refractivity contribution in [1.29, 1.82) is 0 Å². The van der Waals surface area contributed by atoms with Crippen LogP contribution in [-0.2, 0) is 10.0 Å². The van der Waals surface area contributed by atoms with Crippen molar-refractivity contribution in [2.45, 2.75) is 4.90 Å². The topological polar surface area (TPSA) is 37.4 Å².